The Bertz CT molecular complexity index is 955. The van der Waals surface area contributed by atoms with Crippen LogP contribution in [0.25, 0.3) is 0 Å². The lowest BCUT2D eigenvalue weighted by Gasteiger charge is -2.14. The first-order chi connectivity index (χ1) is 14.4. The Morgan fingerprint density at radius 1 is 1.20 bits per heavy atom. The summed E-state index contributed by atoms with van der Waals surface area (Å²) in [6.45, 7) is 4.51. The largest absolute Gasteiger partial charge is 0.376 e. The molecule has 1 aliphatic heterocycles. The number of ether oxygens (including phenoxy) is 1. The third-order valence-electron chi connectivity index (χ3n) is 4.61. The number of guanidine groups is 1. The number of nitrogens with zero attached hydrogens (tertiary/aromatic N) is 1. The van der Waals surface area contributed by atoms with Gasteiger partial charge in [-0.05, 0) is 55.7 Å². The fraction of sp³-hybridized carbons (Fsp3) is 0.318. The molecule has 30 heavy (non-hydrogen) atoms. The zero-order valence-electron chi connectivity index (χ0n) is 17.0. The number of aliphatic imine (C=N–C) groups is 1. The number of amides is 2. The van der Waals surface area contributed by atoms with Gasteiger partial charge in [0.05, 0.1) is 12.6 Å². The second kappa shape index (κ2) is 10.4. The number of hydrogen-bond acceptors (Lipinski definition) is 4. The maximum atomic E-state index is 12.9. The lowest BCUT2D eigenvalue weighted by atomic mass is 10.1. The maximum Gasteiger partial charge on any atom is 0.258 e. The van der Waals surface area contributed by atoms with Gasteiger partial charge in [0.25, 0.3) is 5.91 Å². The molecule has 1 fully saturated rings. The summed E-state index contributed by atoms with van der Waals surface area (Å²) in [6, 6.07) is 12.8. The Labute approximate surface area is 184 Å². The summed E-state index contributed by atoms with van der Waals surface area (Å²) < 4.78 is 6.55. The van der Waals surface area contributed by atoms with Crippen molar-refractivity contribution in [2.75, 3.05) is 23.8 Å². The highest BCUT2D eigenvalue weighted by Gasteiger charge is 2.16. The molecule has 0 unspecified atom stereocenters. The van der Waals surface area contributed by atoms with E-state index in [0.29, 0.717) is 23.8 Å². The molecule has 7 nitrogen and oxygen atoms in total. The molecule has 1 saturated heterocycles. The fourth-order valence-electron chi connectivity index (χ4n) is 3.06. The van der Waals surface area contributed by atoms with Crippen molar-refractivity contribution < 1.29 is 14.3 Å². The van der Waals surface area contributed by atoms with E-state index in [4.69, 9.17) is 4.74 Å². The highest BCUT2D eigenvalue weighted by molar-refractivity contribution is 9.10. The van der Waals surface area contributed by atoms with Crippen LogP contribution in [0.5, 0.6) is 0 Å². The number of carbonyl (C=O) groups excluding carboxylic acids is 2. The first-order valence-corrected chi connectivity index (χ1v) is 10.6. The van der Waals surface area contributed by atoms with E-state index < -0.39 is 0 Å². The summed E-state index contributed by atoms with van der Waals surface area (Å²) >= 11 is 3.45. The van der Waals surface area contributed by atoms with E-state index in [2.05, 4.69) is 36.9 Å². The van der Waals surface area contributed by atoms with Gasteiger partial charge >= 0.3 is 0 Å². The molecular weight excluding hydrogens is 448 g/mol. The van der Waals surface area contributed by atoms with Crippen molar-refractivity contribution in [2.45, 2.75) is 32.8 Å². The van der Waals surface area contributed by atoms with E-state index in [9.17, 15) is 9.59 Å². The van der Waals surface area contributed by atoms with Crippen LogP contribution in [0.2, 0.25) is 0 Å². The third kappa shape index (κ3) is 6.40. The Morgan fingerprint density at radius 3 is 2.73 bits per heavy atom. The molecule has 3 N–H and O–H groups in total. The fourth-order valence-corrected chi connectivity index (χ4v) is 3.46. The molecule has 0 radical (unpaired) electrons. The molecule has 0 aliphatic carbocycles. The molecule has 2 aromatic rings. The summed E-state index contributed by atoms with van der Waals surface area (Å²) in [5.74, 6) is -0.170. The van der Waals surface area contributed by atoms with Gasteiger partial charge in [-0.25, -0.2) is 4.99 Å². The Morgan fingerprint density at radius 2 is 2.03 bits per heavy atom. The first kappa shape index (κ1) is 22.0. The molecule has 3 rings (SSSR count). The van der Waals surface area contributed by atoms with Gasteiger partial charge in [-0.15, -0.1) is 0 Å². The van der Waals surface area contributed by atoms with E-state index in [-0.39, 0.29) is 17.9 Å². The van der Waals surface area contributed by atoms with Crippen LogP contribution in [0.3, 0.4) is 0 Å². The smallest absolute Gasteiger partial charge is 0.258 e. The van der Waals surface area contributed by atoms with Crippen LogP contribution in [0.15, 0.2) is 51.9 Å². The van der Waals surface area contributed by atoms with Crippen LogP contribution in [0.1, 0.15) is 35.7 Å². The van der Waals surface area contributed by atoms with E-state index in [1.165, 1.54) is 6.92 Å². The zero-order chi connectivity index (χ0) is 21.5. The highest BCUT2D eigenvalue weighted by Crippen LogP contribution is 2.18. The average Bonchev–Trinajstić information content (AvgIpc) is 3.21. The summed E-state index contributed by atoms with van der Waals surface area (Å²) in [5.41, 5.74) is 2.69. The molecule has 8 heteroatoms. The minimum absolute atomic E-state index is 0.0620. The van der Waals surface area contributed by atoms with Crippen LogP contribution >= 0.6 is 15.9 Å². The van der Waals surface area contributed by atoms with Crippen LogP contribution < -0.4 is 16.0 Å². The van der Waals surface area contributed by atoms with Crippen LogP contribution in [-0.2, 0) is 9.53 Å². The first-order valence-electron chi connectivity index (χ1n) is 9.79. The third-order valence-corrected chi connectivity index (χ3v) is 5.10. The van der Waals surface area contributed by atoms with Crippen molar-refractivity contribution in [3.8, 4) is 0 Å². The summed E-state index contributed by atoms with van der Waals surface area (Å²) in [4.78, 5) is 28.8. The second-order valence-electron chi connectivity index (χ2n) is 7.12. The minimum Gasteiger partial charge on any atom is -0.376 e. The van der Waals surface area contributed by atoms with Gasteiger partial charge < -0.3 is 15.4 Å². The number of nitrogens with one attached hydrogen (secondary N) is 3. The lowest BCUT2D eigenvalue weighted by Crippen LogP contribution is -2.36. The molecule has 1 aliphatic rings. The lowest BCUT2D eigenvalue weighted by molar-refractivity contribution is -0.114. The molecule has 0 aromatic heterocycles. The highest BCUT2D eigenvalue weighted by atomic mass is 79.9. The normalized spacial score (nSPS) is 16.2. The Balaban J connectivity index is 1.78. The number of benzene rings is 2. The molecule has 2 aromatic carbocycles. The molecule has 1 atom stereocenters. The van der Waals surface area contributed by atoms with Crippen LogP contribution in [0.4, 0.5) is 11.4 Å². The standard InChI is InChI=1S/C22H25BrN4O3/c1-14-8-9-16(11-20(14)25-15(2)28)21(29)27-22(24-13-19-7-4-10-30-19)26-18-6-3-5-17(23)12-18/h3,5-6,8-9,11-12,19H,4,7,10,13H2,1-2H3,(H,25,28)(H2,24,26,27,29)/t19-/m0/s1. The quantitative estimate of drug-likeness (QED) is 0.451. The number of carbonyl (C=O) groups is 2. The Kier molecular flexibility index (Phi) is 7.59. The SMILES string of the molecule is CC(=O)Nc1cc(C(=O)NC(=NC[C@@H]2CCCO2)Nc2cccc(Br)c2)ccc1C. The molecule has 0 bridgehead atoms. The van der Waals surface area contributed by atoms with Crippen molar-refractivity contribution in [2.24, 2.45) is 4.99 Å². The van der Waals surface area contributed by atoms with E-state index in [1.54, 1.807) is 18.2 Å². The monoisotopic (exact) mass is 472 g/mol. The van der Waals surface area contributed by atoms with Crippen LogP contribution in [0, 0.1) is 6.92 Å². The molecule has 1 heterocycles. The number of hydrogen-bond donors (Lipinski definition) is 3. The van der Waals surface area contributed by atoms with Crippen molar-refractivity contribution in [3.63, 3.8) is 0 Å². The van der Waals surface area contributed by atoms with Gasteiger partial charge in [0.1, 0.15) is 0 Å². The number of aryl methyl sites for hydroxylation is 1. The van der Waals surface area contributed by atoms with E-state index >= 15 is 0 Å². The van der Waals surface area contributed by atoms with Gasteiger partial charge in [0, 0.05) is 34.9 Å². The molecular formula is C22H25BrN4O3. The summed E-state index contributed by atoms with van der Waals surface area (Å²) in [6.07, 6.45) is 2.04. The van der Waals surface area contributed by atoms with Crippen molar-refractivity contribution in [1.82, 2.24) is 5.32 Å². The second-order valence-corrected chi connectivity index (χ2v) is 8.04. The van der Waals surface area contributed by atoms with Gasteiger partial charge in [-0.1, -0.05) is 28.1 Å². The molecule has 2 amide bonds. The van der Waals surface area contributed by atoms with E-state index in [1.807, 2.05) is 31.2 Å². The number of anilines is 2. The predicted octanol–water partition coefficient (Wildman–Crippen LogP) is 4.09. The van der Waals surface area contributed by atoms with Crippen LogP contribution in [-0.4, -0.2) is 37.0 Å². The maximum absolute atomic E-state index is 12.9. The van der Waals surface area contributed by atoms with Gasteiger partial charge in [0.2, 0.25) is 11.9 Å². The topological polar surface area (TPSA) is 91.8 Å². The molecule has 0 saturated carbocycles. The number of halogens is 1. The summed E-state index contributed by atoms with van der Waals surface area (Å²) in [7, 11) is 0. The summed E-state index contributed by atoms with van der Waals surface area (Å²) in [5, 5.41) is 8.75. The Hall–Kier alpha value is -2.71. The van der Waals surface area contributed by atoms with Crippen molar-refractivity contribution in [3.05, 3.63) is 58.1 Å². The van der Waals surface area contributed by atoms with Gasteiger partial charge in [-0.2, -0.15) is 0 Å². The minimum atomic E-state index is -0.324. The van der Waals surface area contributed by atoms with Gasteiger partial charge in [-0.3, -0.25) is 14.9 Å². The van der Waals surface area contributed by atoms with E-state index in [0.717, 1.165) is 35.2 Å². The molecule has 0 spiro atoms. The zero-order valence-corrected chi connectivity index (χ0v) is 18.6. The number of rotatable bonds is 5. The van der Waals surface area contributed by atoms with Gasteiger partial charge in [0.15, 0.2) is 0 Å². The van der Waals surface area contributed by atoms with Crippen molar-refractivity contribution >= 4 is 45.1 Å². The molecule has 158 valence electrons. The predicted molar refractivity (Wildman–Crippen MR) is 122 cm³/mol. The van der Waals surface area contributed by atoms with Crippen molar-refractivity contribution in [1.29, 1.82) is 0 Å². The average molecular weight is 473 g/mol.